The van der Waals surface area contributed by atoms with Gasteiger partial charge in [-0.2, -0.15) is 0 Å². The molecule has 4 heteroatoms. The smallest absolute Gasteiger partial charge is 0.409 e. The van der Waals surface area contributed by atoms with E-state index in [4.69, 9.17) is 9.84 Å². The van der Waals surface area contributed by atoms with Gasteiger partial charge in [-0.1, -0.05) is 12.2 Å². The first-order valence-corrected chi connectivity index (χ1v) is 3.86. The molecule has 0 aliphatic heterocycles. The maximum atomic E-state index is 10.9. The fraction of sp³-hybridized carbons (Fsp3) is 0.625. The van der Waals surface area contributed by atoms with Gasteiger partial charge in [0.2, 0.25) is 0 Å². The van der Waals surface area contributed by atoms with Crippen LogP contribution in [0.4, 0.5) is 4.79 Å². The van der Waals surface area contributed by atoms with Gasteiger partial charge in [0.1, 0.15) is 0 Å². The number of amides is 1. The summed E-state index contributed by atoms with van der Waals surface area (Å²) < 4.78 is 4.72. The van der Waals surface area contributed by atoms with Crippen molar-refractivity contribution in [3.8, 4) is 0 Å². The lowest BCUT2D eigenvalue weighted by atomic mass is 10.5. The van der Waals surface area contributed by atoms with E-state index in [1.807, 2.05) is 0 Å². The lowest BCUT2D eigenvalue weighted by Gasteiger charge is -2.13. The van der Waals surface area contributed by atoms with Crippen molar-refractivity contribution in [1.82, 2.24) is 4.90 Å². The van der Waals surface area contributed by atoms with Crippen LogP contribution in [-0.4, -0.2) is 42.9 Å². The summed E-state index contributed by atoms with van der Waals surface area (Å²) in [6.45, 7) is 2.60. The third-order valence-electron chi connectivity index (χ3n) is 1.23. The summed E-state index contributed by atoms with van der Waals surface area (Å²) in [7, 11) is 1.64. The van der Waals surface area contributed by atoms with Crippen LogP contribution in [0.2, 0.25) is 0 Å². The van der Waals surface area contributed by atoms with Crippen LogP contribution in [0.15, 0.2) is 12.2 Å². The van der Waals surface area contributed by atoms with E-state index in [9.17, 15) is 4.79 Å². The van der Waals surface area contributed by atoms with E-state index in [-0.39, 0.29) is 12.7 Å². The van der Waals surface area contributed by atoms with Crippen LogP contribution in [-0.2, 0) is 4.74 Å². The molecule has 1 N–H and O–H groups in total. The molecule has 12 heavy (non-hydrogen) atoms. The van der Waals surface area contributed by atoms with E-state index in [1.165, 1.54) is 4.90 Å². The second-order valence-corrected chi connectivity index (χ2v) is 2.23. The maximum absolute atomic E-state index is 10.9. The number of aliphatic hydroxyl groups is 1. The third-order valence-corrected chi connectivity index (χ3v) is 1.23. The number of carbonyl (C=O) groups is 1. The topological polar surface area (TPSA) is 49.8 Å². The first kappa shape index (κ1) is 11.0. The summed E-state index contributed by atoms with van der Waals surface area (Å²) in [6.07, 6.45) is 2.94. The van der Waals surface area contributed by atoms with Crippen molar-refractivity contribution in [2.75, 3.05) is 26.8 Å². The predicted molar refractivity (Wildman–Crippen MR) is 45.9 cm³/mol. The Morgan fingerprint density at radius 3 is 2.75 bits per heavy atom. The first-order chi connectivity index (χ1) is 5.72. The summed E-state index contributed by atoms with van der Waals surface area (Å²) in [4.78, 5) is 12.4. The largest absolute Gasteiger partial charge is 0.450 e. The molecule has 0 fully saturated rings. The van der Waals surface area contributed by atoms with Gasteiger partial charge < -0.3 is 14.7 Å². The molecule has 0 rings (SSSR count). The van der Waals surface area contributed by atoms with Crippen LogP contribution < -0.4 is 0 Å². The third kappa shape index (κ3) is 4.73. The van der Waals surface area contributed by atoms with Gasteiger partial charge in [0.05, 0.1) is 13.2 Å². The molecular formula is C8H15NO3. The van der Waals surface area contributed by atoms with Crippen molar-refractivity contribution in [3.05, 3.63) is 12.2 Å². The highest BCUT2D eigenvalue weighted by Crippen LogP contribution is 1.89. The van der Waals surface area contributed by atoms with E-state index in [0.29, 0.717) is 13.2 Å². The summed E-state index contributed by atoms with van der Waals surface area (Å²) in [5.74, 6) is 0. The Balaban J connectivity index is 3.63. The Labute approximate surface area is 72.4 Å². The van der Waals surface area contributed by atoms with Crippen LogP contribution in [0.3, 0.4) is 0 Å². The molecule has 0 aliphatic rings. The summed E-state index contributed by atoms with van der Waals surface area (Å²) in [6, 6.07) is 0. The maximum Gasteiger partial charge on any atom is 0.409 e. The van der Waals surface area contributed by atoms with Crippen molar-refractivity contribution in [2.24, 2.45) is 0 Å². The van der Waals surface area contributed by atoms with Crippen molar-refractivity contribution in [3.63, 3.8) is 0 Å². The number of carbonyl (C=O) groups excluding carboxylic acids is 1. The normalized spacial score (nSPS) is 10.2. The van der Waals surface area contributed by atoms with Gasteiger partial charge in [-0.05, 0) is 6.92 Å². The summed E-state index contributed by atoms with van der Waals surface area (Å²) >= 11 is 0. The van der Waals surface area contributed by atoms with Crippen molar-refractivity contribution in [2.45, 2.75) is 6.92 Å². The van der Waals surface area contributed by atoms with E-state index in [1.54, 1.807) is 26.1 Å². The molecule has 0 aromatic rings. The van der Waals surface area contributed by atoms with Gasteiger partial charge >= 0.3 is 6.09 Å². The van der Waals surface area contributed by atoms with Crippen LogP contribution in [0, 0.1) is 0 Å². The molecule has 70 valence electrons. The lowest BCUT2D eigenvalue weighted by Crippen LogP contribution is -2.27. The average molecular weight is 173 g/mol. The molecule has 4 nitrogen and oxygen atoms in total. The number of aliphatic hydroxyl groups excluding tert-OH is 1. The average Bonchev–Trinajstić information content (AvgIpc) is 2.05. The molecule has 0 spiro atoms. The van der Waals surface area contributed by atoms with Crippen LogP contribution in [0.5, 0.6) is 0 Å². The molecule has 0 aromatic carbocycles. The molecule has 0 radical (unpaired) electrons. The Bertz CT molecular complexity index is 156. The zero-order chi connectivity index (χ0) is 9.40. The van der Waals surface area contributed by atoms with Crippen molar-refractivity contribution < 1.29 is 14.6 Å². The van der Waals surface area contributed by atoms with E-state index in [2.05, 4.69) is 0 Å². The first-order valence-electron chi connectivity index (χ1n) is 3.86. The second kappa shape index (κ2) is 6.67. The number of hydrogen-bond acceptors (Lipinski definition) is 3. The lowest BCUT2D eigenvalue weighted by molar-refractivity contribution is 0.120. The molecule has 0 aliphatic carbocycles. The van der Waals surface area contributed by atoms with Crippen LogP contribution >= 0.6 is 0 Å². The Kier molecular flexibility index (Phi) is 6.09. The highest BCUT2D eigenvalue weighted by molar-refractivity contribution is 5.67. The number of likely N-dealkylation sites (N-methyl/N-ethyl adjacent to an activating group) is 1. The van der Waals surface area contributed by atoms with Gasteiger partial charge in [0.25, 0.3) is 0 Å². The Morgan fingerprint density at radius 2 is 2.25 bits per heavy atom. The van der Waals surface area contributed by atoms with E-state index in [0.717, 1.165) is 0 Å². The van der Waals surface area contributed by atoms with Crippen LogP contribution in [0.1, 0.15) is 6.92 Å². The minimum Gasteiger partial charge on any atom is -0.450 e. The number of ether oxygens (including phenoxy) is 1. The second-order valence-electron chi connectivity index (χ2n) is 2.23. The van der Waals surface area contributed by atoms with Gasteiger partial charge in [0, 0.05) is 13.6 Å². The molecule has 0 atom stereocenters. The number of hydrogen-bond donors (Lipinski definition) is 1. The SMILES string of the molecule is CCOC(=O)N(C)CC=CCO. The zero-order valence-corrected chi connectivity index (χ0v) is 7.49. The summed E-state index contributed by atoms with van der Waals surface area (Å²) in [5, 5.41) is 8.40. The van der Waals surface area contributed by atoms with Crippen molar-refractivity contribution in [1.29, 1.82) is 0 Å². The molecular weight excluding hydrogens is 158 g/mol. The Morgan fingerprint density at radius 1 is 1.58 bits per heavy atom. The van der Waals surface area contributed by atoms with E-state index >= 15 is 0 Å². The molecule has 0 bridgehead atoms. The molecule has 0 saturated heterocycles. The number of nitrogens with zero attached hydrogens (tertiary/aromatic N) is 1. The predicted octanol–water partition coefficient (Wildman–Crippen LogP) is 0.623. The highest BCUT2D eigenvalue weighted by atomic mass is 16.5. The molecule has 1 amide bonds. The fourth-order valence-corrected chi connectivity index (χ4v) is 0.615. The number of rotatable bonds is 4. The standard InChI is InChI=1S/C8H15NO3/c1-3-12-8(11)9(2)6-4-5-7-10/h4-5,10H,3,6-7H2,1-2H3. The quantitative estimate of drug-likeness (QED) is 0.634. The monoisotopic (exact) mass is 173 g/mol. The van der Waals surface area contributed by atoms with Crippen molar-refractivity contribution >= 4 is 6.09 Å². The van der Waals surface area contributed by atoms with Gasteiger partial charge in [-0.15, -0.1) is 0 Å². The van der Waals surface area contributed by atoms with E-state index < -0.39 is 0 Å². The van der Waals surface area contributed by atoms with Gasteiger partial charge in [0.15, 0.2) is 0 Å². The van der Waals surface area contributed by atoms with Gasteiger partial charge in [-0.25, -0.2) is 4.79 Å². The van der Waals surface area contributed by atoms with Crippen LogP contribution in [0.25, 0.3) is 0 Å². The molecule has 0 saturated carbocycles. The fourth-order valence-electron chi connectivity index (χ4n) is 0.615. The molecule has 0 unspecified atom stereocenters. The minimum atomic E-state index is -0.347. The zero-order valence-electron chi connectivity index (χ0n) is 7.49. The molecule has 0 heterocycles. The van der Waals surface area contributed by atoms with Gasteiger partial charge in [-0.3, -0.25) is 0 Å². The Hall–Kier alpha value is -1.03. The molecule has 0 aromatic heterocycles. The minimum absolute atomic E-state index is 0.00331. The summed E-state index contributed by atoms with van der Waals surface area (Å²) in [5.41, 5.74) is 0. The highest BCUT2D eigenvalue weighted by Gasteiger charge is 2.05.